The lowest BCUT2D eigenvalue weighted by molar-refractivity contribution is -0.127. The first-order chi connectivity index (χ1) is 11.1. The van der Waals surface area contributed by atoms with Crippen LogP contribution in [0, 0.1) is 0 Å². The van der Waals surface area contributed by atoms with Gasteiger partial charge in [-0.15, -0.1) is 0 Å². The van der Waals surface area contributed by atoms with Gasteiger partial charge in [-0.05, 0) is 55.8 Å². The largest absolute Gasteiger partial charge is 0.494 e. The number of hydrogen-bond acceptors (Lipinski definition) is 3. The van der Waals surface area contributed by atoms with Crippen molar-refractivity contribution in [3.05, 3.63) is 59.1 Å². The van der Waals surface area contributed by atoms with Gasteiger partial charge in [0.2, 0.25) is 0 Å². The number of amides is 1. The molecule has 1 atom stereocenters. The van der Waals surface area contributed by atoms with Gasteiger partial charge in [0.1, 0.15) is 11.5 Å². The normalized spacial score (nSPS) is 11.6. The Morgan fingerprint density at radius 2 is 1.70 bits per heavy atom. The number of carbonyl (C=O) groups is 1. The van der Waals surface area contributed by atoms with E-state index in [1.54, 1.807) is 31.2 Å². The van der Waals surface area contributed by atoms with Crippen LogP contribution >= 0.6 is 11.6 Å². The Bertz CT molecular complexity index is 626. The Kier molecular flexibility index (Phi) is 6.29. The molecule has 23 heavy (non-hydrogen) atoms. The first-order valence-corrected chi connectivity index (χ1v) is 7.88. The predicted molar refractivity (Wildman–Crippen MR) is 91.0 cm³/mol. The van der Waals surface area contributed by atoms with E-state index in [1.807, 2.05) is 31.2 Å². The van der Waals surface area contributed by atoms with Gasteiger partial charge >= 0.3 is 0 Å². The average molecular weight is 334 g/mol. The highest BCUT2D eigenvalue weighted by Gasteiger charge is 2.14. The fourth-order valence-corrected chi connectivity index (χ4v) is 2.10. The van der Waals surface area contributed by atoms with Crippen LogP contribution in [-0.2, 0) is 11.3 Å². The zero-order valence-corrected chi connectivity index (χ0v) is 14.0. The molecule has 2 rings (SSSR count). The number of halogens is 1. The quantitative estimate of drug-likeness (QED) is 0.837. The SMILES string of the molecule is CCOc1ccc(CNC(=O)[C@@H](C)Oc2ccc(Cl)cc2)cc1. The van der Waals surface area contributed by atoms with Gasteiger partial charge in [0.25, 0.3) is 5.91 Å². The standard InChI is InChI=1S/C18H20ClNO3/c1-3-22-16-8-4-14(5-9-16)12-20-18(21)13(2)23-17-10-6-15(19)7-11-17/h4-11,13H,3,12H2,1-2H3,(H,20,21)/t13-/m1/s1. The first kappa shape index (κ1) is 17.2. The molecule has 2 aromatic rings. The molecule has 0 saturated carbocycles. The number of nitrogens with one attached hydrogen (secondary N) is 1. The molecule has 4 nitrogen and oxygen atoms in total. The van der Waals surface area contributed by atoms with E-state index < -0.39 is 6.10 Å². The van der Waals surface area contributed by atoms with E-state index in [2.05, 4.69) is 5.32 Å². The predicted octanol–water partition coefficient (Wildman–Crippen LogP) is 3.82. The van der Waals surface area contributed by atoms with E-state index in [0.717, 1.165) is 11.3 Å². The Morgan fingerprint density at radius 3 is 2.30 bits per heavy atom. The fourth-order valence-electron chi connectivity index (χ4n) is 1.97. The summed E-state index contributed by atoms with van der Waals surface area (Å²) in [6.45, 7) is 4.73. The summed E-state index contributed by atoms with van der Waals surface area (Å²) in [4.78, 5) is 12.1. The van der Waals surface area contributed by atoms with Crippen molar-refractivity contribution in [2.24, 2.45) is 0 Å². The maximum atomic E-state index is 12.1. The third-order valence-electron chi connectivity index (χ3n) is 3.20. The molecule has 5 heteroatoms. The summed E-state index contributed by atoms with van der Waals surface area (Å²) < 4.78 is 11.0. The van der Waals surface area contributed by atoms with Gasteiger partial charge in [-0.25, -0.2) is 0 Å². The van der Waals surface area contributed by atoms with E-state index >= 15 is 0 Å². The van der Waals surface area contributed by atoms with Crippen LogP contribution in [0.1, 0.15) is 19.4 Å². The number of ether oxygens (including phenoxy) is 2. The molecular weight excluding hydrogens is 314 g/mol. The summed E-state index contributed by atoms with van der Waals surface area (Å²) in [6, 6.07) is 14.5. The monoisotopic (exact) mass is 333 g/mol. The lowest BCUT2D eigenvalue weighted by Crippen LogP contribution is -2.35. The molecule has 0 unspecified atom stereocenters. The van der Waals surface area contributed by atoms with E-state index in [1.165, 1.54) is 0 Å². The van der Waals surface area contributed by atoms with Crippen LogP contribution in [0.3, 0.4) is 0 Å². The molecule has 0 radical (unpaired) electrons. The van der Waals surface area contributed by atoms with Gasteiger partial charge in [0.05, 0.1) is 6.61 Å². The van der Waals surface area contributed by atoms with Gasteiger partial charge in [-0.1, -0.05) is 23.7 Å². The number of carbonyl (C=O) groups excluding carboxylic acids is 1. The van der Waals surface area contributed by atoms with Gasteiger partial charge in [0.15, 0.2) is 6.10 Å². The van der Waals surface area contributed by atoms with E-state index in [9.17, 15) is 4.79 Å². The summed E-state index contributed by atoms with van der Waals surface area (Å²) in [5.41, 5.74) is 1.00. The third-order valence-corrected chi connectivity index (χ3v) is 3.45. The van der Waals surface area contributed by atoms with Crippen LogP contribution < -0.4 is 14.8 Å². The third kappa shape index (κ3) is 5.49. The molecule has 0 bridgehead atoms. The second-order valence-corrected chi connectivity index (χ2v) is 5.45. The average Bonchev–Trinajstić information content (AvgIpc) is 2.56. The van der Waals surface area contributed by atoms with Crippen molar-refractivity contribution in [3.63, 3.8) is 0 Å². The zero-order valence-electron chi connectivity index (χ0n) is 13.2. The Morgan fingerprint density at radius 1 is 1.09 bits per heavy atom. The van der Waals surface area contributed by atoms with Gasteiger partial charge < -0.3 is 14.8 Å². The second-order valence-electron chi connectivity index (χ2n) is 5.01. The molecule has 0 fully saturated rings. The van der Waals surface area contributed by atoms with Gasteiger partial charge in [-0.3, -0.25) is 4.79 Å². The number of benzene rings is 2. The highest BCUT2D eigenvalue weighted by molar-refractivity contribution is 6.30. The molecule has 0 aliphatic heterocycles. The smallest absolute Gasteiger partial charge is 0.261 e. The van der Waals surface area contributed by atoms with E-state index in [4.69, 9.17) is 21.1 Å². The van der Waals surface area contributed by atoms with E-state index in [-0.39, 0.29) is 5.91 Å². The number of hydrogen-bond donors (Lipinski definition) is 1. The molecule has 0 heterocycles. The van der Waals surface area contributed by atoms with Crippen LogP contribution in [0.4, 0.5) is 0 Å². The van der Waals surface area contributed by atoms with Crippen LogP contribution in [0.2, 0.25) is 5.02 Å². The summed E-state index contributed by atoms with van der Waals surface area (Å²) in [5.74, 6) is 1.26. The molecule has 0 spiro atoms. The van der Waals surface area contributed by atoms with Crippen LogP contribution in [0.15, 0.2) is 48.5 Å². The topological polar surface area (TPSA) is 47.6 Å². The van der Waals surface area contributed by atoms with E-state index in [0.29, 0.717) is 23.9 Å². The first-order valence-electron chi connectivity index (χ1n) is 7.50. The van der Waals surface area contributed by atoms with Crippen molar-refractivity contribution >= 4 is 17.5 Å². The zero-order chi connectivity index (χ0) is 16.7. The van der Waals surface area contributed by atoms with Crippen molar-refractivity contribution in [3.8, 4) is 11.5 Å². The highest BCUT2D eigenvalue weighted by Crippen LogP contribution is 2.17. The number of rotatable bonds is 7. The molecular formula is C18H20ClNO3. The molecule has 0 aliphatic carbocycles. The van der Waals surface area contributed by atoms with Crippen molar-refractivity contribution in [2.45, 2.75) is 26.5 Å². The van der Waals surface area contributed by atoms with Crippen LogP contribution in [0.5, 0.6) is 11.5 Å². The van der Waals surface area contributed by atoms with Gasteiger partial charge in [0, 0.05) is 11.6 Å². The summed E-state index contributed by atoms with van der Waals surface area (Å²) >= 11 is 5.82. The molecule has 2 aromatic carbocycles. The van der Waals surface area contributed by atoms with Crippen LogP contribution in [-0.4, -0.2) is 18.6 Å². The minimum Gasteiger partial charge on any atom is -0.494 e. The maximum Gasteiger partial charge on any atom is 0.261 e. The lowest BCUT2D eigenvalue weighted by atomic mass is 10.2. The minimum absolute atomic E-state index is 0.172. The van der Waals surface area contributed by atoms with Crippen molar-refractivity contribution < 1.29 is 14.3 Å². The Labute approximate surface area is 141 Å². The van der Waals surface area contributed by atoms with Crippen LogP contribution in [0.25, 0.3) is 0 Å². The lowest BCUT2D eigenvalue weighted by Gasteiger charge is -2.15. The molecule has 0 aliphatic rings. The summed E-state index contributed by atoms with van der Waals surface area (Å²) in [7, 11) is 0. The molecule has 1 N–H and O–H groups in total. The Hall–Kier alpha value is -2.20. The molecule has 0 saturated heterocycles. The van der Waals surface area contributed by atoms with Crippen molar-refractivity contribution in [1.82, 2.24) is 5.32 Å². The summed E-state index contributed by atoms with van der Waals surface area (Å²) in [6.07, 6.45) is -0.584. The molecule has 1 amide bonds. The van der Waals surface area contributed by atoms with Crippen molar-refractivity contribution in [2.75, 3.05) is 6.61 Å². The summed E-state index contributed by atoms with van der Waals surface area (Å²) in [5, 5.41) is 3.48. The second kappa shape index (κ2) is 8.44. The molecule has 0 aromatic heterocycles. The highest BCUT2D eigenvalue weighted by atomic mass is 35.5. The molecule has 122 valence electrons. The van der Waals surface area contributed by atoms with Crippen molar-refractivity contribution in [1.29, 1.82) is 0 Å². The van der Waals surface area contributed by atoms with Gasteiger partial charge in [-0.2, -0.15) is 0 Å². The fraction of sp³-hybridized carbons (Fsp3) is 0.278. The minimum atomic E-state index is -0.584. The Balaban J connectivity index is 1.82. The maximum absolute atomic E-state index is 12.1.